The van der Waals surface area contributed by atoms with Gasteiger partial charge < -0.3 is 20.1 Å². The third-order valence-electron chi connectivity index (χ3n) is 7.48. The predicted octanol–water partition coefficient (Wildman–Crippen LogP) is 6.99. The number of halogens is 1. The third-order valence-corrected chi connectivity index (χ3v) is 8.67. The number of hydrogen-bond acceptors (Lipinski definition) is 7. The van der Waals surface area contributed by atoms with Gasteiger partial charge in [-0.25, -0.2) is 4.39 Å². The lowest BCUT2D eigenvalue weighted by Gasteiger charge is -2.16. The fourth-order valence-electron chi connectivity index (χ4n) is 4.91. The van der Waals surface area contributed by atoms with Gasteiger partial charge in [0.15, 0.2) is 11.6 Å². The molecule has 6 rings (SSSR count). The van der Waals surface area contributed by atoms with E-state index in [9.17, 15) is 9.59 Å². The number of aromatic nitrogens is 1. The molecule has 3 aromatic carbocycles. The topological polar surface area (TPSA) is 102 Å². The van der Waals surface area contributed by atoms with Crippen LogP contribution in [-0.2, 0) is 20.7 Å². The quantitative estimate of drug-likeness (QED) is 0.0800. The first kappa shape index (κ1) is 29.4. The van der Waals surface area contributed by atoms with Gasteiger partial charge in [-0.15, -0.1) is 11.3 Å². The molecular formula is C34H31FN4O4S. The zero-order chi connectivity index (χ0) is 30.5. The summed E-state index contributed by atoms with van der Waals surface area (Å²) in [5.74, 6) is -0.978. The highest BCUT2D eigenvalue weighted by Crippen LogP contribution is 2.48. The molecule has 10 heteroatoms. The number of nitrogens with zero attached hydrogens (tertiary/aromatic N) is 1. The van der Waals surface area contributed by atoms with Crippen molar-refractivity contribution in [2.75, 3.05) is 31.0 Å². The van der Waals surface area contributed by atoms with Gasteiger partial charge >= 0.3 is 0 Å². The van der Waals surface area contributed by atoms with E-state index in [0.717, 1.165) is 33.6 Å². The van der Waals surface area contributed by atoms with Gasteiger partial charge in [-0.1, -0.05) is 42.5 Å². The number of pyridine rings is 1. The van der Waals surface area contributed by atoms with E-state index in [1.54, 1.807) is 49.7 Å². The molecule has 2 heterocycles. The Bertz CT molecular complexity index is 1810. The molecule has 0 aliphatic heterocycles. The van der Waals surface area contributed by atoms with Crippen LogP contribution in [0.25, 0.3) is 20.7 Å². The molecule has 0 spiro atoms. The van der Waals surface area contributed by atoms with E-state index in [1.165, 1.54) is 29.0 Å². The Morgan fingerprint density at radius 3 is 2.45 bits per heavy atom. The molecule has 1 aliphatic carbocycles. The molecule has 0 radical (unpaired) electrons. The Balaban J connectivity index is 1.14. The standard InChI is InChI=1S/C34H31FN4O4S/c1-42-21-36-16-12-22-6-5-7-23(18-22)30-20-27-31(44-30)29(13-17-37-27)43-28-11-10-25(19-26(28)35)39-33(41)34(14-15-34)32(40)38-24-8-3-2-4-9-24/h2-11,13,17-20,36H,12,14-16,21H2,1H3,(H,38,40)(H,39,41). The molecule has 0 unspecified atom stereocenters. The molecule has 0 bridgehead atoms. The number of amides is 2. The van der Waals surface area contributed by atoms with Crippen LogP contribution < -0.4 is 20.7 Å². The van der Waals surface area contributed by atoms with Crippen molar-refractivity contribution in [3.63, 3.8) is 0 Å². The summed E-state index contributed by atoms with van der Waals surface area (Å²) in [6.07, 6.45) is 3.36. The minimum Gasteiger partial charge on any atom is -0.453 e. The van der Waals surface area contributed by atoms with Crippen LogP contribution in [0.1, 0.15) is 18.4 Å². The van der Waals surface area contributed by atoms with Crippen LogP contribution in [0.15, 0.2) is 91.1 Å². The lowest BCUT2D eigenvalue weighted by molar-refractivity contribution is -0.131. The summed E-state index contributed by atoms with van der Waals surface area (Å²) in [6, 6.07) is 25.3. The smallest absolute Gasteiger partial charge is 0.240 e. The Morgan fingerprint density at radius 2 is 1.70 bits per heavy atom. The van der Waals surface area contributed by atoms with Crippen molar-refractivity contribution in [2.45, 2.75) is 19.3 Å². The van der Waals surface area contributed by atoms with Gasteiger partial charge in [-0.05, 0) is 60.7 Å². The van der Waals surface area contributed by atoms with Crippen LogP contribution >= 0.6 is 11.3 Å². The fourth-order valence-corrected chi connectivity index (χ4v) is 5.97. The van der Waals surface area contributed by atoms with Gasteiger partial charge in [0.05, 0.1) is 16.9 Å². The monoisotopic (exact) mass is 610 g/mol. The second-order valence-corrected chi connectivity index (χ2v) is 11.7. The number of rotatable bonds is 12. The highest BCUT2D eigenvalue weighted by Gasteiger charge is 2.56. The fraction of sp³-hybridized carbons (Fsp3) is 0.206. The number of para-hydroxylation sites is 1. The van der Waals surface area contributed by atoms with Crippen molar-refractivity contribution in [2.24, 2.45) is 5.41 Å². The Kier molecular flexibility index (Phi) is 8.65. The molecule has 1 aliphatic rings. The van der Waals surface area contributed by atoms with E-state index in [4.69, 9.17) is 9.47 Å². The van der Waals surface area contributed by atoms with Gasteiger partial charge in [-0.2, -0.15) is 0 Å². The average molecular weight is 611 g/mol. The molecule has 1 saturated carbocycles. The summed E-state index contributed by atoms with van der Waals surface area (Å²) in [6.45, 7) is 1.32. The summed E-state index contributed by atoms with van der Waals surface area (Å²) < 4.78 is 27.1. The molecule has 2 aromatic heterocycles. The Hall–Kier alpha value is -4.64. The van der Waals surface area contributed by atoms with Gasteiger partial charge in [0.25, 0.3) is 0 Å². The van der Waals surface area contributed by atoms with E-state index in [0.29, 0.717) is 31.0 Å². The maximum Gasteiger partial charge on any atom is 0.240 e. The maximum absolute atomic E-state index is 15.2. The van der Waals surface area contributed by atoms with Crippen molar-refractivity contribution in [1.82, 2.24) is 10.3 Å². The van der Waals surface area contributed by atoms with Crippen LogP contribution in [-0.4, -0.2) is 37.2 Å². The van der Waals surface area contributed by atoms with E-state index in [1.807, 2.05) is 18.2 Å². The van der Waals surface area contributed by atoms with Gasteiger partial charge in [0.2, 0.25) is 11.8 Å². The first-order valence-electron chi connectivity index (χ1n) is 14.3. The third kappa shape index (κ3) is 6.47. The second kappa shape index (κ2) is 12.9. The molecular weight excluding hydrogens is 579 g/mol. The average Bonchev–Trinajstić information content (AvgIpc) is 3.74. The summed E-state index contributed by atoms with van der Waals surface area (Å²) in [7, 11) is 1.66. The number of fused-ring (bicyclic) bond motifs is 1. The summed E-state index contributed by atoms with van der Waals surface area (Å²) in [5, 5.41) is 8.72. The van der Waals surface area contributed by atoms with E-state index in [-0.39, 0.29) is 17.3 Å². The highest BCUT2D eigenvalue weighted by atomic mass is 32.1. The normalized spacial score (nSPS) is 13.4. The van der Waals surface area contributed by atoms with Crippen molar-refractivity contribution < 1.29 is 23.5 Å². The van der Waals surface area contributed by atoms with Gasteiger partial charge in [-0.3, -0.25) is 19.9 Å². The number of methoxy groups -OCH3 is 1. The summed E-state index contributed by atoms with van der Waals surface area (Å²) in [4.78, 5) is 31.4. The van der Waals surface area contributed by atoms with Crippen LogP contribution in [0.2, 0.25) is 0 Å². The number of anilines is 2. The predicted molar refractivity (Wildman–Crippen MR) is 170 cm³/mol. The highest BCUT2D eigenvalue weighted by molar-refractivity contribution is 7.22. The minimum atomic E-state index is -1.17. The number of benzene rings is 3. The lowest BCUT2D eigenvalue weighted by Crippen LogP contribution is -2.35. The largest absolute Gasteiger partial charge is 0.453 e. The number of carbonyl (C=O) groups excluding carboxylic acids is 2. The van der Waals surface area contributed by atoms with Crippen LogP contribution in [0.3, 0.4) is 0 Å². The van der Waals surface area contributed by atoms with E-state index < -0.39 is 17.1 Å². The molecule has 2 amide bonds. The zero-order valence-electron chi connectivity index (χ0n) is 24.1. The summed E-state index contributed by atoms with van der Waals surface area (Å²) >= 11 is 1.53. The number of thiophene rings is 1. The van der Waals surface area contributed by atoms with Crippen LogP contribution in [0.4, 0.5) is 15.8 Å². The lowest BCUT2D eigenvalue weighted by atomic mass is 10.0. The molecule has 3 N–H and O–H groups in total. The SMILES string of the molecule is COCNCCc1cccc(-c2cc3nccc(Oc4ccc(NC(=O)C5(C(=O)Nc6ccccc6)CC5)cc4F)c3s2)c1. The Morgan fingerprint density at radius 1 is 0.909 bits per heavy atom. The molecule has 0 atom stereocenters. The molecule has 44 heavy (non-hydrogen) atoms. The number of nitrogens with one attached hydrogen (secondary N) is 3. The van der Waals surface area contributed by atoms with Crippen molar-refractivity contribution >= 4 is 44.7 Å². The minimum absolute atomic E-state index is 0.0129. The number of carbonyl (C=O) groups is 2. The molecule has 1 fully saturated rings. The number of hydrogen-bond donors (Lipinski definition) is 3. The van der Waals surface area contributed by atoms with Gasteiger partial charge in [0.1, 0.15) is 11.2 Å². The molecule has 224 valence electrons. The zero-order valence-corrected chi connectivity index (χ0v) is 24.9. The van der Waals surface area contributed by atoms with Crippen molar-refractivity contribution in [3.05, 3.63) is 103 Å². The molecule has 8 nitrogen and oxygen atoms in total. The number of ether oxygens (including phenoxy) is 2. The van der Waals surface area contributed by atoms with E-state index >= 15 is 4.39 Å². The van der Waals surface area contributed by atoms with Crippen molar-refractivity contribution in [1.29, 1.82) is 0 Å². The van der Waals surface area contributed by atoms with Crippen LogP contribution in [0.5, 0.6) is 11.5 Å². The molecule has 5 aromatic rings. The van der Waals surface area contributed by atoms with Gasteiger partial charge in [0, 0.05) is 48.2 Å². The second-order valence-electron chi connectivity index (χ2n) is 10.6. The first-order valence-corrected chi connectivity index (χ1v) is 15.1. The van der Waals surface area contributed by atoms with Crippen molar-refractivity contribution in [3.8, 4) is 21.9 Å². The molecule has 0 saturated heterocycles. The van der Waals surface area contributed by atoms with E-state index in [2.05, 4.69) is 39.1 Å². The Labute approximate surface area is 258 Å². The maximum atomic E-state index is 15.2. The first-order chi connectivity index (χ1) is 21.4. The van der Waals surface area contributed by atoms with Crippen LogP contribution in [0, 0.1) is 11.2 Å². The summed E-state index contributed by atoms with van der Waals surface area (Å²) in [5.41, 5.74) is 2.72.